The molecule has 1 aliphatic carbocycles. The molecule has 2 aliphatic heterocycles. The summed E-state index contributed by atoms with van der Waals surface area (Å²) >= 11 is 0. The lowest BCUT2D eigenvalue weighted by molar-refractivity contribution is -0.309. The number of nitrogens with one attached hydrogen (secondary N) is 1. The Kier molecular flexibility index (Phi) is 11.3. The van der Waals surface area contributed by atoms with Crippen molar-refractivity contribution in [3.8, 4) is 0 Å². The average Bonchev–Trinajstić information content (AvgIpc) is 2.86. The maximum absolute atomic E-state index is 12.9. The highest BCUT2D eigenvalue weighted by molar-refractivity contribution is 5.69. The van der Waals surface area contributed by atoms with Crippen LogP contribution in [0.5, 0.6) is 0 Å². The number of carbonyl (C=O) groups is 2. The van der Waals surface area contributed by atoms with Crippen molar-refractivity contribution in [2.45, 2.75) is 148 Å². The van der Waals surface area contributed by atoms with E-state index in [9.17, 15) is 24.9 Å². The summed E-state index contributed by atoms with van der Waals surface area (Å²) in [5.74, 6) is 0.00806. The lowest BCUT2D eigenvalue weighted by atomic mass is 9.69. The summed E-state index contributed by atoms with van der Waals surface area (Å²) in [4.78, 5) is 27.0. The zero-order valence-corrected chi connectivity index (χ0v) is 28.3. The van der Waals surface area contributed by atoms with E-state index in [4.69, 9.17) is 23.7 Å². The van der Waals surface area contributed by atoms with Crippen LogP contribution in [-0.4, -0.2) is 106 Å². The fraction of sp³-hybridized carbons (Fsp3) is 0.875. The second-order valence-electron chi connectivity index (χ2n) is 15.0. The lowest BCUT2D eigenvalue weighted by Gasteiger charge is -2.51. The maximum atomic E-state index is 12.9. The molecule has 3 rings (SSSR count). The van der Waals surface area contributed by atoms with E-state index in [0.717, 1.165) is 17.1 Å². The Morgan fingerprint density at radius 3 is 2.25 bits per heavy atom. The van der Waals surface area contributed by atoms with Crippen molar-refractivity contribution in [1.29, 1.82) is 0 Å². The van der Waals surface area contributed by atoms with Gasteiger partial charge in [0.05, 0.1) is 30.6 Å². The fourth-order valence-electron chi connectivity index (χ4n) is 6.53. The standard InChI is InChI=1S/C32H56N2O10/c1-12-19-14-13-17(2)24(41-19)21-20(33-28(37)43-30(4,5)6)15-18(3)25(22(21)35)42-27-23(36)26(32(10,39)16-40-27)34(11)29(38)44-31(7,8)9/h14,17-18,20-27,35-36,39H,12-13,15-16H2,1-11H3,(H,33,37). The van der Waals surface area contributed by atoms with Crippen molar-refractivity contribution in [3.05, 3.63) is 11.8 Å². The summed E-state index contributed by atoms with van der Waals surface area (Å²) in [5, 5.41) is 37.5. The topological polar surface area (TPSA) is 156 Å². The summed E-state index contributed by atoms with van der Waals surface area (Å²) in [5.41, 5.74) is -3.09. The fourth-order valence-corrected chi connectivity index (χ4v) is 6.53. The first kappa shape index (κ1) is 36.3. The van der Waals surface area contributed by atoms with Crippen LogP contribution < -0.4 is 5.32 Å². The largest absolute Gasteiger partial charge is 0.494 e. The molecule has 254 valence electrons. The van der Waals surface area contributed by atoms with Gasteiger partial charge in [0.2, 0.25) is 0 Å². The van der Waals surface area contributed by atoms with Crippen LogP contribution in [0.2, 0.25) is 0 Å². The van der Waals surface area contributed by atoms with Gasteiger partial charge >= 0.3 is 12.2 Å². The molecule has 11 atom stereocenters. The molecule has 0 aromatic heterocycles. The van der Waals surface area contributed by atoms with Gasteiger partial charge in [0, 0.05) is 25.4 Å². The minimum Gasteiger partial charge on any atom is -0.494 e. The highest BCUT2D eigenvalue weighted by Gasteiger charge is 2.55. The van der Waals surface area contributed by atoms with Gasteiger partial charge < -0.3 is 49.2 Å². The van der Waals surface area contributed by atoms with Gasteiger partial charge in [-0.25, -0.2) is 9.59 Å². The predicted octanol–water partition coefficient (Wildman–Crippen LogP) is 3.70. The first-order chi connectivity index (χ1) is 20.1. The van der Waals surface area contributed by atoms with E-state index in [1.807, 2.05) is 20.8 Å². The Morgan fingerprint density at radius 1 is 1.07 bits per heavy atom. The summed E-state index contributed by atoms with van der Waals surface area (Å²) in [6, 6.07) is -1.61. The van der Waals surface area contributed by atoms with Gasteiger partial charge in [-0.3, -0.25) is 0 Å². The second kappa shape index (κ2) is 13.7. The van der Waals surface area contributed by atoms with Crippen LogP contribution in [0.1, 0.15) is 88.5 Å². The first-order valence-electron chi connectivity index (χ1n) is 15.8. The zero-order chi connectivity index (χ0) is 33.4. The third-order valence-electron chi connectivity index (χ3n) is 8.55. The van der Waals surface area contributed by atoms with Crippen molar-refractivity contribution in [2.24, 2.45) is 17.8 Å². The molecular weight excluding hydrogens is 572 g/mol. The van der Waals surface area contributed by atoms with Gasteiger partial charge in [0.15, 0.2) is 6.29 Å². The molecule has 1 saturated carbocycles. The zero-order valence-electron chi connectivity index (χ0n) is 28.3. The summed E-state index contributed by atoms with van der Waals surface area (Å²) in [7, 11) is 1.44. The molecule has 2 fully saturated rings. The molecule has 0 bridgehead atoms. The Bertz CT molecular complexity index is 1040. The Labute approximate surface area is 262 Å². The van der Waals surface area contributed by atoms with Gasteiger partial charge in [0.1, 0.15) is 29.0 Å². The molecule has 3 aliphatic rings. The number of carbonyl (C=O) groups excluding carboxylic acids is 2. The molecule has 0 aromatic rings. The van der Waals surface area contributed by atoms with E-state index in [-0.39, 0.29) is 18.4 Å². The minimum absolute atomic E-state index is 0.0421. The number of aliphatic hydroxyl groups is 3. The lowest BCUT2D eigenvalue weighted by Crippen LogP contribution is -2.68. The number of allylic oxidation sites excluding steroid dienone is 2. The van der Waals surface area contributed by atoms with Crippen LogP contribution in [0.25, 0.3) is 0 Å². The third-order valence-corrected chi connectivity index (χ3v) is 8.55. The highest BCUT2D eigenvalue weighted by Crippen LogP contribution is 2.42. The molecule has 4 N–H and O–H groups in total. The minimum atomic E-state index is -1.61. The number of amides is 2. The molecule has 1 saturated heterocycles. The van der Waals surface area contributed by atoms with E-state index >= 15 is 0 Å². The van der Waals surface area contributed by atoms with Crippen LogP contribution in [-0.2, 0) is 23.7 Å². The molecule has 12 heteroatoms. The van der Waals surface area contributed by atoms with Crippen LogP contribution >= 0.6 is 0 Å². The van der Waals surface area contributed by atoms with E-state index < -0.39 is 77.7 Å². The molecule has 12 nitrogen and oxygen atoms in total. The van der Waals surface area contributed by atoms with E-state index in [1.165, 1.54) is 14.0 Å². The number of ether oxygens (including phenoxy) is 5. The molecule has 2 amide bonds. The summed E-state index contributed by atoms with van der Waals surface area (Å²) in [6.07, 6.45) is -2.45. The van der Waals surface area contributed by atoms with Crippen LogP contribution in [0.4, 0.5) is 9.59 Å². The smallest absolute Gasteiger partial charge is 0.410 e. The van der Waals surface area contributed by atoms with Gasteiger partial charge in [-0.2, -0.15) is 0 Å². The van der Waals surface area contributed by atoms with Gasteiger partial charge in [-0.1, -0.05) is 20.8 Å². The van der Waals surface area contributed by atoms with Gasteiger partial charge in [-0.05, 0) is 79.2 Å². The summed E-state index contributed by atoms with van der Waals surface area (Å²) < 4.78 is 29.6. The third kappa shape index (κ3) is 8.78. The normalized spacial score (nSPS) is 38.2. The number of hydrogen-bond acceptors (Lipinski definition) is 10. The Hall–Kier alpha value is -2.12. The van der Waals surface area contributed by atoms with E-state index in [0.29, 0.717) is 12.8 Å². The number of nitrogens with zero attached hydrogens (tertiary/aromatic N) is 1. The molecule has 2 heterocycles. The van der Waals surface area contributed by atoms with Crippen molar-refractivity contribution in [1.82, 2.24) is 10.2 Å². The van der Waals surface area contributed by atoms with Gasteiger partial charge in [-0.15, -0.1) is 0 Å². The quantitative estimate of drug-likeness (QED) is 0.342. The predicted molar refractivity (Wildman–Crippen MR) is 162 cm³/mol. The first-order valence-corrected chi connectivity index (χ1v) is 15.8. The number of likely N-dealkylation sites (N-methyl/N-ethyl adjacent to an activating group) is 1. The van der Waals surface area contributed by atoms with Crippen molar-refractivity contribution in [2.75, 3.05) is 13.7 Å². The molecule has 0 spiro atoms. The van der Waals surface area contributed by atoms with Crippen molar-refractivity contribution >= 4 is 12.2 Å². The Balaban J connectivity index is 1.87. The number of alkyl carbamates (subject to hydrolysis) is 1. The van der Waals surface area contributed by atoms with E-state index in [2.05, 4.69) is 11.4 Å². The maximum Gasteiger partial charge on any atom is 0.410 e. The van der Waals surface area contributed by atoms with Crippen molar-refractivity contribution < 1.29 is 48.6 Å². The molecular formula is C32H56N2O10. The van der Waals surface area contributed by atoms with Crippen LogP contribution in [0, 0.1) is 17.8 Å². The van der Waals surface area contributed by atoms with Crippen LogP contribution in [0.3, 0.4) is 0 Å². The monoisotopic (exact) mass is 628 g/mol. The van der Waals surface area contributed by atoms with Crippen LogP contribution in [0.15, 0.2) is 11.8 Å². The van der Waals surface area contributed by atoms with E-state index in [1.54, 1.807) is 41.5 Å². The molecule has 44 heavy (non-hydrogen) atoms. The number of rotatable bonds is 6. The Morgan fingerprint density at radius 2 is 1.68 bits per heavy atom. The number of hydrogen-bond donors (Lipinski definition) is 4. The number of aliphatic hydroxyl groups excluding tert-OH is 2. The molecule has 0 radical (unpaired) electrons. The SMILES string of the molecule is CCC1=CCC(C)C(C2C(NC(=O)OC(C)(C)C)CC(C)C(OC3OCC(C)(O)C(N(C)C(=O)OC(C)(C)C)C3O)C2O)O1. The molecule has 11 unspecified atom stereocenters. The van der Waals surface area contributed by atoms with Crippen molar-refractivity contribution in [3.63, 3.8) is 0 Å². The average molecular weight is 629 g/mol. The second-order valence-corrected chi connectivity index (χ2v) is 15.0. The highest BCUT2D eigenvalue weighted by atomic mass is 16.7. The molecule has 0 aromatic carbocycles. The van der Waals surface area contributed by atoms with Gasteiger partial charge in [0.25, 0.3) is 0 Å². The summed E-state index contributed by atoms with van der Waals surface area (Å²) in [6.45, 7) is 17.7.